The fraction of sp³-hybridized carbons (Fsp3) is 0.812. The largest absolute Gasteiger partial charge is 0.443 e. The van der Waals surface area contributed by atoms with E-state index >= 15 is 0 Å². The van der Waals surface area contributed by atoms with Gasteiger partial charge >= 0.3 is 6.09 Å². The van der Waals surface area contributed by atoms with E-state index in [-0.39, 0.29) is 17.4 Å². The van der Waals surface area contributed by atoms with Crippen LogP contribution in [-0.2, 0) is 9.16 Å². The zero-order chi connectivity index (χ0) is 16.6. The van der Waals surface area contributed by atoms with E-state index in [0.29, 0.717) is 0 Å². The summed E-state index contributed by atoms with van der Waals surface area (Å²) in [5, 5.41) is 0.114. The summed E-state index contributed by atoms with van der Waals surface area (Å²) in [6, 6.07) is 0. The summed E-state index contributed by atoms with van der Waals surface area (Å²) in [6.45, 7) is 18.7. The molecule has 0 saturated heterocycles. The molecule has 0 aromatic carbocycles. The topological polar surface area (TPSA) is 38.8 Å². The second kappa shape index (κ2) is 5.76. The number of amides is 1. The van der Waals surface area contributed by atoms with Crippen molar-refractivity contribution in [2.45, 2.75) is 84.8 Å². The van der Waals surface area contributed by atoms with Crippen LogP contribution in [-0.4, -0.2) is 31.1 Å². The average molecular weight is 314 g/mol. The van der Waals surface area contributed by atoms with Gasteiger partial charge in [-0.2, -0.15) is 0 Å². The summed E-state index contributed by atoms with van der Waals surface area (Å²) < 4.78 is 11.9. The Morgan fingerprint density at radius 3 is 2.19 bits per heavy atom. The quantitative estimate of drug-likeness (QED) is 0.682. The van der Waals surface area contributed by atoms with Crippen LogP contribution >= 0.6 is 0 Å². The van der Waals surface area contributed by atoms with Crippen molar-refractivity contribution >= 4 is 14.4 Å². The Kier molecular flexibility index (Phi) is 5.00. The molecule has 0 aliphatic carbocycles. The van der Waals surface area contributed by atoms with E-state index in [0.717, 1.165) is 12.0 Å². The third kappa shape index (κ3) is 4.85. The fourth-order valence-corrected chi connectivity index (χ4v) is 3.08. The van der Waals surface area contributed by atoms with E-state index in [4.69, 9.17) is 9.16 Å². The van der Waals surface area contributed by atoms with Crippen molar-refractivity contribution in [1.82, 2.24) is 4.90 Å². The number of rotatable bonds is 2. The minimum Gasteiger partial charge on any atom is -0.443 e. The number of nitrogens with zero attached hydrogens (tertiary/aromatic N) is 1. The van der Waals surface area contributed by atoms with Gasteiger partial charge in [0.15, 0.2) is 8.32 Å². The van der Waals surface area contributed by atoms with Gasteiger partial charge in [-0.05, 0) is 45.8 Å². The van der Waals surface area contributed by atoms with Crippen molar-refractivity contribution in [2.24, 2.45) is 0 Å². The fourth-order valence-electron chi connectivity index (χ4n) is 1.85. The molecule has 0 fully saturated rings. The van der Waals surface area contributed by atoms with Crippen LogP contribution in [0.1, 0.15) is 54.9 Å². The van der Waals surface area contributed by atoms with Gasteiger partial charge in [-0.1, -0.05) is 26.3 Å². The smallest absolute Gasteiger partial charge is 0.416 e. The van der Waals surface area contributed by atoms with Crippen LogP contribution in [0.4, 0.5) is 4.79 Å². The molecule has 1 amide bonds. The third-order valence-corrected chi connectivity index (χ3v) is 8.48. The standard InChI is InChI=1S/C16H31NO3Si/c1-12-10-13(20-21(8,9)16(5,6)7)17(11-12)14(18)19-15(2,3)4/h11,13H,10H2,1-9H3. The van der Waals surface area contributed by atoms with E-state index in [1.165, 1.54) is 0 Å². The van der Waals surface area contributed by atoms with Gasteiger partial charge in [-0.25, -0.2) is 4.79 Å². The summed E-state index contributed by atoms with van der Waals surface area (Å²) >= 11 is 0. The number of ether oxygens (including phenoxy) is 1. The Bertz CT molecular complexity index is 430. The van der Waals surface area contributed by atoms with E-state index < -0.39 is 13.9 Å². The number of hydrogen-bond acceptors (Lipinski definition) is 3. The van der Waals surface area contributed by atoms with Crippen LogP contribution < -0.4 is 0 Å². The molecule has 5 heteroatoms. The zero-order valence-corrected chi connectivity index (χ0v) is 16.0. The highest BCUT2D eigenvalue weighted by molar-refractivity contribution is 6.74. The van der Waals surface area contributed by atoms with Gasteiger partial charge < -0.3 is 9.16 Å². The number of hydrogen-bond donors (Lipinski definition) is 0. The molecule has 122 valence electrons. The predicted molar refractivity (Wildman–Crippen MR) is 88.5 cm³/mol. The van der Waals surface area contributed by atoms with Crippen molar-refractivity contribution in [1.29, 1.82) is 0 Å². The first-order chi connectivity index (χ1) is 9.23. The number of carbonyl (C=O) groups is 1. The van der Waals surface area contributed by atoms with Crippen LogP contribution in [0.5, 0.6) is 0 Å². The van der Waals surface area contributed by atoms with E-state index in [9.17, 15) is 4.79 Å². The van der Waals surface area contributed by atoms with E-state index in [2.05, 4.69) is 33.9 Å². The molecule has 1 aliphatic heterocycles. The molecule has 21 heavy (non-hydrogen) atoms. The third-order valence-electron chi connectivity index (χ3n) is 4.01. The van der Waals surface area contributed by atoms with Gasteiger partial charge in [0, 0.05) is 12.6 Å². The van der Waals surface area contributed by atoms with Crippen LogP contribution in [0, 0.1) is 0 Å². The molecule has 4 nitrogen and oxygen atoms in total. The van der Waals surface area contributed by atoms with Gasteiger partial charge in [-0.3, -0.25) is 4.90 Å². The summed E-state index contributed by atoms with van der Waals surface area (Å²) in [4.78, 5) is 14.0. The molecule has 1 rings (SSSR count). The van der Waals surface area contributed by atoms with Crippen LogP contribution in [0.3, 0.4) is 0 Å². The molecule has 1 unspecified atom stereocenters. The van der Waals surface area contributed by atoms with Gasteiger partial charge in [0.2, 0.25) is 0 Å². The summed E-state index contributed by atoms with van der Waals surface area (Å²) in [5.74, 6) is 0. The maximum Gasteiger partial charge on any atom is 0.416 e. The lowest BCUT2D eigenvalue weighted by molar-refractivity contribution is -0.000510. The normalized spacial score (nSPS) is 20.5. The Balaban J connectivity index is 2.86. The summed E-state index contributed by atoms with van der Waals surface area (Å²) in [5.41, 5.74) is 0.646. The molecular formula is C16H31NO3Si. The van der Waals surface area contributed by atoms with Crippen molar-refractivity contribution in [3.63, 3.8) is 0 Å². The lowest BCUT2D eigenvalue weighted by Gasteiger charge is -2.40. The molecule has 1 aliphatic rings. The minimum atomic E-state index is -1.93. The van der Waals surface area contributed by atoms with Crippen molar-refractivity contribution in [3.05, 3.63) is 11.8 Å². The molecule has 1 atom stereocenters. The van der Waals surface area contributed by atoms with Gasteiger partial charge in [0.25, 0.3) is 0 Å². The van der Waals surface area contributed by atoms with Crippen LogP contribution in [0.2, 0.25) is 18.1 Å². The first-order valence-electron chi connectivity index (χ1n) is 7.59. The van der Waals surface area contributed by atoms with E-state index in [1.807, 2.05) is 33.9 Å². The van der Waals surface area contributed by atoms with Crippen LogP contribution in [0.15, 0.2) is 11.8 Å². The van der Waals surface area contributed by atoms with Gasteiger partial charge in [-0.15, -0.1) is 0 Å². The van der Waals surface area contributed by atoms with Gasteiger partial charge in [0.1, 0.15) is 11.8 Å². The molecule has 0 N–H and O–H groups in total. The first kappa shape index (κ1) is 18.2. The molecule has 0 radical (unpaired) electrons. The highest BCUT2D eigenvalue weighted by atomic mass is 28.4. The lowest BCUT2D eigenvalue weighted by Crippen LogP contribution is -2.49. The second-order valence-electron chi connectivity index (χ2n) is 8.40. The molecule has 1 heterocycles. The monoisotopic (exact) mass is 313 g/mol. The molecular weight excluding hydrogens is 282 g/mol. The lowest BCUT2D eigenvalue weighted by atomic mass is 10.2. The molecule has 0 bridgehead atoms. The van der Waals surface area contributed by atoms with Gasteiger partial charge in [0.05, 0.1) is 0 Å². The maximum absolute atomic E-state index is 12.3. The Morgan fingerprint density at radius 2 is 1.76 bits per heavy atom. The molecule has 0 aromatic heterocycles. The Labute approximate surface area is 130 Å². The predicted octanol–water partition coefficient (Wildman–Crippen LogP) is 4.88. The maximum atomic E-state index is 12.3. The van der Waals surface area contributed by atoms with Crippen LogP contribution in [0.25, 0.3) is 0 Å². The zero-order valence-electron chi connectivity index (χ0n) is 15.0. The van der Waals surface area contributed by atoms with Crippen molar-refractivity contribution in [3.8, 4) is 0 Å². The first-order valence-corrected chi connectivity index (χ1v) is 10.5. The molecule has 0 spiro atoms. The number of carbonyl (C=O) groups excluding carboxylic acids is 1. The van der Waals surface area contributed by atoms with E-state index in [1.54, 1.807) is 4.90 Å². The van der Waals surface area contributed by atoms with Crippen molar-refractivity contribution in [2.75, 3.05) is 0 Å². The SMILES string of the molecule is CC1=CN(C(=O)OC(C)(C)C)C(O[Si](C)(C)C(C)(C)C)C1. The Morgan fingerprint density at radius 1 is 1.24 bits per heavy atom. The Hall–Kier alpha value is -0.813. The minimum absolute atomic E-state index is 0.114. The summed E-state index contributed by atoms with van der Waals surface area (Å²) in [7, 11) is -1.93. The van der Waals surface area contributed by atoms with Crippen molar-refractivity contribution < 1.29 is 14.0 Å². The highest BCUT2D eigenvalue weighted by Crippen LogP contribution is 2.39. The molecule has 0 saturated carbocycles. The summed E-state index contributed by atoms with van der Waals surface area (Å²) in [6.07, 6.45) is 2.04. The second-order valence-corrected chi connectivity index (χ2v) is 13.2. The molecule has 0 aromatic rings. The average Bonchev–Trinajstić information content (AvgIpc) is 2.54. The highest BCUT2D eigenvalue weighted by Gasteiger charge is 2.42.